The van der Waals surface area contributed by atoms with Crippen LogP contribution in [0.4, 0.5) is 0 Å². The van der Waals surface area contributed by atoms with E-state index in [1.54, 1.807) is 0 Å². The molecule has 1 saturated heterocycles. The van der Waals surface area contributed by atoms with Crippen LogP contribution in [0, 0.1) is 0 Å². The Morgan fingerprint density at radius 2 is 1.21 bits per heavy atom. The Labute approximate surface area is 107 Å². The molecule has 0 spiro atoms. The molecule has 0 atom stereocenters. The van der Waals surface area contributed by atoms with E-state index in [-0.39, 0.29) is 24.0 Å². The van der Waals surface area contributed by atoms with Crippen molar-refractivity contribution in [2.45, 2.75) is 52.4 Å². The molecule has 1 nitrogen and oxygen atoms in total. The van der Waals surface area contributed by atoms with Gasteiger partial charge in [0.1, 0.15) is 0 Å². The van der Waals surface area contributed by atoms with Crippen molar-refractivity contribution in [2.24, 2.45) is 0 Å². The summed E-state index contributed by atoms with van der Waals surface area (Å²) < 4.78 is 1.44. The summed E-state index contributed by atoms with van der Waals surface area (Å²) in [5.41, 5.74) is 0. The van der Waals surface area contributed by atoms with Crippen molar-refractivity contribution in [1.82, 2.24) is 0 Å². The van der Waals surface area contributed by atoms with Crippen molar-refractivity contribution in [2.75, 3.05) is 26.2 Å². The van der Waals surface area contributed by atoms with Gasteiger partial charge in [-0.25, -0.2) is 0 Å². The normalized spacial score (nSPS) is 21.0. The highest BCUT2D eigenvalue weighted by molar-refractivity contribution is 14.0. The maximum Gasteiger partial charge on any atom is 0.0786 e. The van der Waals surface area contributed by atoms with Gasteiger partial charge in [-0.1, -0.05) is 13.8 Å². The molecule has 0 unspecified atom stereocenters. The second-order valence-electron chi connectivity index (χ2n) is 4.65. The summed E-state index contributed by atoms with van der Waals surface area (Å²) in [5.74, 6) is 0. The van der Waals surface area contributed by atoms with Crippen LogP contribution >= 0.6 is 24.0 Å². The van der Waals surface area contributed by atoms with Gasteiger partial charge < -0.3 is 4.48 Å². The minimum absolute atomic E-state index is 0. The van der Waals surface area contributed by atoms with Gasteiger partial charge in [-0.15, -0.1) is 24.0 Å². The zero-order valence-electron chi connectivity index (χ0n) is 9.93. The molecule has 0 aromatic rings. The summed E-state index contributed by atoms with van der Waals surface area (Å²) in [5, 5.41) is 0. The largest absolute Gasteiger partial charge is 0.324 e. The lowest BCUT2D eigenvalue weighted by Gasteiger charge is -2.37. The number of quaternary nitrogens is 1. The second kappa shape index (κ2) is 7.91. The molecule has 0 aromatic carbocycles. The van der Waals surface area contributed by atoms with E-state index in [2.05, 4.69) is 13.8 Å². The standard InChI is InChI=1S/C12H26N.HI/c1-3-9-13(10-4-2)11-7-5-6-8-12-13;/h3-12H2,1-2H3;1H/q+1;. The first kappa shape index (κ1) is 14.7. The minimum Gasteiger partial charge on any atom is -0.324 e. The number of hydrogen-bond donors (Lipinski definition) is 0. The molecule has 0 radical (unpaired) electrons. The van der Waals surface area contributed by atoms with Crippen LogP contribution in [0.15, 0.2) is 0 Å². The predicted octanol–water partition coefficient (Wildman–Crippen LogP) is 3.82. The van der Waals surface area contributed by atoms with Crippen molar-refractivity contribution in [3.05, 3.63) is 0 Å². The molecule has 0 saturated carbocycles. The summed E-state index contributed by atoms with van der Waals surface area (Å²) in [6.45, 7) is 10.4. The second-order valence-corrected chi connectivity index (χ2v) is 4.65. The van der Waals surface area contributed by atoms with Gasteiger partial charge in [0, 0.05) is 0 Å². The molecule has 1 rings (SSSR count). The van der Waals surface area contributed by atoms with E-state index in [9.17, 15) is 0 Å². The molecule has 14 heavy (non-hydrogen) atoms. The summed E-state index contributed by atoms with van der Waals surface area (Å²) in [6.07, 6.45) is 8.63. The van der Waals surface area contributed by atoms with E-state index in [4.69, 9.17) is 0 Å². The number of likely N-dealkylation sites (tertiary alicyclic amines) is 1. The molecule has 1 aliphatic rings. The Morgan fingerprint density at radius 1 is 0.786 bits per heavy atom. The Balaban J connectivity index is 0.00000169. The van der Waals surface area contributed by atoms with Gasteiger partial charge in [0.25, 0.3) is 0 Å². The van der Waals surface area contributed by atoms with E-state index in [0.717, 1.165) is 0 Å². The van der Waals surface area contributed by atoms with Crippen LogP contribution in [0.3, 0.4) is 0 Å². The minimum atomic E-state index is 0. The molecule has 2 heteroatoms. The Bertz CT molecular complexity index is 120. The van der Waals surface area contributed by atoms with Crippen LogP contribution in [0.2, 0.25) is 0 Å². The first-order valence-corrected chi connectivity index (χ1v) is 6.18. The average molecular weight is 312 g/mol. The van der Waals surface area contributed by atoms with Crippen LogP contribution in [-0.4, -0.2) is 30.7 Å². The van der Waals surface area contributed by atoms with Crippen molar-refractivity contribution in [3.8, 4) is 0 Å². The third-order valence-electron chi connectivity index (χ3n) is 3.41. The Hall–Kier alpha value is 0.690. The summed E-state index contributed by atoms with van der Waals surface area (Å²) in [4.78, 5) is 0. The van der Waals surface area contributed by atoms with Gasteiger partial charge in [-0.05, 0) is 38.5 Å². The smallest absolute Gasteiger partial charge is 0.0786 e. The quantitative estimate of drug-likeness (QED) is 0.547. The highest BCUT2D eigenvalue weighted by atomic mass is 127. The van der Waals surface area contributed by atoms with Crippen molar-refractivity contribution >= 4 is 24.0 Å². The number of halogens is 1. The maximum absolute atomic E-state index is 2.33. The molecule has 0 bridgehead atoms. The monoisotopic (exact) mass is 312 g/mol. The van der Waals surface area contributed by atoms with Crippen molar-refractivity contribution in [3.63, 3.8) is 0 Å². The molecule has 0 N–H and O–H groups in total. The van der Waals surface area contributed by atoms with Gasteiger partial charge in [-0.3, -0.25) is 0 Å². The molecule has 0 aliphatic carbocycles. The fourth-order valence-electron chi connectivity index (χ4n) is 2.87. The van der Waals surface area contributed by atoms with Gasteiger partial charge in [-0.2, -0.15) is 0 Å². The van der Waals surface area contributed by atoms with E-state index in [1.165, 1.54) is 69.2 Å². The van der Waals surface area contributed by atoms with E-state index in [1.807, 2.05) is 0 Å². The van der Waals surface area contributed by atoms with Crippen LogP contribution in [0.25, 0.3) is 0 Å². The number of rotatable bonds is 4. The van der Waals surface area contributed by atoms with Gasteiger partial charge in [0.2, 0.25) is 0 Å². The van der Waals surface area contributed by atoms with Crippen molar-refractivity contribution < 1.29 is 4.48 Å². The maximum atomic E-state index is 2.33. The predicted molar refractivity (Wildman–Crippen MR) is 74.2 cm³/mol. The van der Waals surface area contributed by atoms with Gasteiger partial charge in [0.15, 0.2) is 0 Å². The topological polar surface area (TPSA) is 0 Å². The number of nitrogens with zero attached hydrogens (tertiary/aromatic N) is 1. The van der Waals surface area contributed by atoms with Gasteiger partial charge in [0.05, 0.1) is 26.2 Å². The molecule has 0 aromatic heterocycles. The van der Waals surface area contributed by atoms with Gasteiger partial charge >= 0.3 is 0 Å². The molecule has 1 heterocycles. The average Bonchev–Trinajstić information content (AvgIpc) is 2.32. The molecule has 1 aliphatic heterocycles. The lowest BCUT2D eigenvalue weighted by molar-refractivity contribution is -0.927. The van der Waals surface area contributed by atoms with Crippen LogP contribution < -0.4 is 0 Å². The first-order chi connectivity index (χ1) is 6.33. The van der Waals surface area contributed by atoms with Crippen LogP contribution in [0.1, 0.15) is 52.4 Å². The zero-order chi connectivity index (χ0) is 9.57. The molecule has 1 fully saturated rings. The van der Waals surface area contributed by atoms with Crippen LogP contribution in [-0.2, 0) is 0 Å². The highest BCUT2D eigenvalue weighted by Crippen LogP contribution is 2.19. The fourth-order valence-corrected chi connectivity index (χ4v) is 2.87. The van der Waals surface area contributed by atoms with E-state index < -0.39 is 0 Å². The fraction of sp³-hybridized carbons (Fsp3) is 1.00. The zero-order valence-corrected chi connectivity index (χ0v) is 12.3. The molecule has 0 amide bonds. The van der Waals surface area contributed by atoms with Crippen molar-refractivity contribution in [1.29, 1.82) is 0 Å². The molecule has 86 valence electrons. The summed E-state index contributed by atoms with van der Waals surface area (Å²) in [6, 6.07) is 0. The third-order valence-corrected chi connectivity index (χ3v) is 3.41. The SMILES string of the molecule is CCC[N+]1(CCC)CCCCCC1.I. The Kier molecular flexibility index (Phi) is 8.30. The Morgan fingerprint density at radius 3 is 1.57 bits per heavy atom. The number of hydrogen-bond acceptors (Lipinski definition) is 0. The molecular weight excluding hydrogens is 285 g/mol. The summed E-state index contributed by atoms with van der Waals surface area (Å²) >= 11 is 0. The van der Waals surface area contributed by atoms with E-state index >= 15 is 0 Å². The molecular formula is C12H27IN+. The van der Waals surface area contributed by atoms with E-state index in [0.29, 0.717) is 0 Å². The lowest BCUT2D eigenvalue weighted by Crippen LogP contribution is -2.49. The lowest BCUT2D eigenvalue weighted by atomic mass is 10.2. The van der Waals surface area contributed by atoms with Crippen LogP contribution in [0.5, 0.6) is 0 Å². The highest BCUT2D eigenvalue weighted by Gasteiger charge is 2.26. The summed E-state index contributed by atoms with van der Waals surface area (Å²) in [7, 11) is 0. The third kappa shape index (κ3) is 4.47. The first-order valence-electron chi connectivity index (χ1n) is 6.18.